The molecule has 1 N–H and O–H groups in total. The van der Waals surface area contributed by atoms with Crippen molar-refractivity contribution in [1.29, 1.82) is 0 Å². The highest BCUT2D eigenvalue weighted by molar-refractivity contribution is 6.01. The van der Waals surface area contributed by atoms with Gasteiger partial charge < -0.3 is 24.4 Å². The van der Waals surface area contributed by atoms with E-state index in [4.69, 9.17) is 14.2 Å². The first-order valence-corrected chi connectivity index (χ1v) is 10.6. The topological polar surface area (TPSA) is 83.6 Å². The zero-order chi connectivity index (χ0) is 22.0. The molecule has 3 amide bonds. The second-order valence-electron chi connectivity index (χ2n) is 7.92. The average molecular weight is 431 g/mol. The molecule has 9 nitrogen and oxygen atoms in total. The van der Waals surface area contributed by atoms with E-state index >= 15 is 0 Å². The number of hydrogen-bond donors (Lipinski definition) is 1. The first-order valence-electron chi connectivity index (χ1n) is 10.6. The number of nitrogens with one attached hydrogen (secondary N) is 1. The molecule has 9 heteroatoms. The van der Waals surface area contributed by atoms with E-state index in [0.29, 0.717) is 35.7 Å². The van der Waals surface area contributed by atoms with E-state index in [2.05, 4.69) is 10.2 Å². The van der Waals surface area contributed by atoms with Gasteiger partial charge in [-0.2, -0.15) is 0 Å². The Morgan fingerprint density at radius 1 is 1.13 bits per heavy atom. The second kappa shape index (κ2) is 9.15. The molecule has 1 fully saturated rings. The molecule has 31 heavy (non-hydrogen) atoms. The number of likely N-dealkylation sites (N-methyl/N-ethyl adjacent to an activating group) is 1. The number of urea groups is 1. The summed E-state index contributed by atoms with van der Waals surface area (Å²) in [5.41, 5.74) is 2.05. The first-order chi connectivity index (χ1) is 15.0. The standard InChI is InChI=1S/C22H30N4O5/c1-24-16-14-26(9-5-8-25-10-12-31-13-11-25)21(27)18(16)19(23-22(24)28)15-6-4-7-17(29-2)20(15)30-3/h4,6-7,19H,5,8-14H2,1-3H3,(H,23,28). The van der Waals surface area contributed by atoms with Crippen molar-refractivity contribution in [1.82, 2.24) is 20.0 Å². The summed E-state index contributed by atoms with van der Waals surface area (Å²) in [5, 5.41) is 2.96. The smallest absolute Gasteiger partial charge is 0.322 e. The normalized spacial score (nSPS) is 22.0. The minimum absolute atomic E-state index is 0.0429. The number of ether oxygens (including phenoxy) is 3. The molecule has 0 bridgehead atoms. The summed E-state index contributed by atoms with van der Waals surface area (Å²) in [5.74, 6) is 1.03. The molecular weight excluding hydrogens is 400 g/mol. The Morgan fingerprint density at radius 3 is 2.61 bits per heavy atom. The molecular formula is C22H30N4O5. The van der Waals surface area contributed by atoms with Gasteiger partial charge in [0, 0.05) is 38.8 Å². The maximum atomic E-state index is 13.4. The Kier molecular flexibility index (Phi) is 6.33. The van der Waals surface area contributed by atoms with E-state index in [1.54, 1.807) is 32.2 Å². The summed E-state index contributed by atoms with van der Waals surface area (Å²) in [6.45, 7) is 5.40. The van der Waals surface area contributed by atoms with Gasteiger partial charge in [0.1, 0.15) is 0 Å². The SMILES string of the molecule is COc1cccc(C2NC(=O)N(C)C3=C2C(=O)N(CCCN2CCOCC2)C3)c1OC. The molecule has 0 aliphatic carbocycles. The molecule has 3 aliphatic heterocycles. The van der Waals surface area contributed by atoms with Gasteiger partial charge in [-0.25, -0.2) is 4.79 Å². The number of carbonyl (C=O) groups excluding carboxylic acids is 2. The van der Waals surface area contributed by atoms with Crippen LogP contribution in [0, 0.1) is 0 Å². The largest absolute Gasteiger partial charge is 0.493 e. The van der Waals surface area contributed by atoms with Gasteiger partial charge in [0.25, 0.3) is 5.91 Å². The molecule has 1 atom stereocenters. The molecule has 0 aromatic heterocycles. The molecule has 1 aromatic rings. The zero-order valence-corrected chi connectivity index (χ0v) is 18.3. The summed E-state index contributed by atoms with van der Waals surface area (Å²) in [6.07, 6.45) is 0.880. The Balaban J connectivity index is 1.54. The molecule has 0 radical (unpaired) electrons. The highest BCUT2D eigenvalue weighted by Gasteiger charge is 2.43. The third-order valence-electron chi connectivity index (χ3n) is 6.19. The Morgan fingerprint density at radius 2 is 1.90 bits per heavy atom. The lowest BCUT2D eigenvalue weighted by Crippen LogP contribution is -2.45. The summed E-state index contributed by atoms with van der Waals surface area (Å²) >= 11 is 0. The van der Waals surface area contributed by atoms with E-state index < -0.39 is 6.04 Å². The number of rotatable bonds is 7. The van der Waals surface area contributed by atoms with Crippen molar-refractivity contribution in [2.24, 2.45) is 0 Å². The number of carbonyl (C=O) groups is 2. The van der Waals surface area contributed by atoms with Gasteiger partial charge in [0.05, 0.1) is 51.3 Å². The van der Waals surface area contributed by atoms with Crippen LogP contribution in [0.2, 0.25) is 0 Å². The van der Waals surface area contributed by atoms with Gasteiger partial charge in [-0.15, -0.1) is 0 Å². The minimum Gasteiger partial charge on any atom is -0.493 e. The maximum Gasteiger partial charge on any atom is 0.322 e. The van der Waals surface area contributed by atoms with Crippen molar-refractivity contribution >= 4 is 11.9 Å². The van der Waals surface area contributed by atoms with Crippen LogP contribution in [0.25, 0.3) is 0 Å². The minimum atomic E-state index is -0.583. The van der Waals surface area contributed by atoms with Gasteiger partial charge in [-0.1, -0.05) is 12.1 Å². The summed E-state index contributed by atoms with van der Waals surface area (Å²) < 4.78 is 16.4. The fourth-order valence-electron chi connectivity index (χ4n) is 4.49. The quantitative estimate of drug-likeness (QED) is 0.700. The van der Waals surface area contributed by atoms with Crippen LogP contribution in [0.3, 0.4) is 0 Å². The van der Waals surface area contributed by atoms with Crippen molar-refractivity contribution in [3.63, 3.8) is 0 Å². The predicted octanol–water partition coefficient (Wildman–Crippen LogP) is 1.22. The second-order valence-corrected chi connectivity index (χ2v) is 7.92. The van der Waals surface area contributed by atoms with Crippen molar-refractivity contribution in [3.8, 4) is 11.5 Å². The molecule has 0 spiro atoms. The number of para-hydroxylation sites is 1. The van der Waals surface area contributed by atoms with Crippen LogP contribution < -0.4 is 14.8 Å². The fraction of sp³-hybridized carbons (Fsp3) is 0.545. The number of methoxy groups -OCH3 is 2. The van der Waals surface area contributed by atoms with Gasteiger partial charge in [0.2, 0.25) is 0 Å². The van der Waals surface area contributed by atoms with Gasteiger partial charge in [-0.05, 0) is 12.5 Å². The molecule has 0 saturated carbocycles. The van der Waals surface area contributed by atoms with Crippen molar-refractivity contribution in [3.05, 3.63) is 35.0 Å². The number of morpholine rings is 1. The predicted molar refractivity (Wildman–Crippen MR) is 114 cm³/mol. The summed E-state index contributed by atoms with van der Waals surface area (Å²) in [4.78, 5) is 31.8. The molecule has 4 rings (SSSR count). The number of benzene rings is 1. The number of nitrogens with zero attached hydrogens (tertiary/aromatic N) is 3. The average Bonchev–Trinajstić information content (AvgIpc) is 3.13. The number of amides is 3. The van der Waals surface area contributed by atoms with E-state index in [0.717, 1.165) is 45.0 Å². The van der Waals surface area contributed by atoms with Crippen LogP contribution in [0.15, 0.2) is 29.5 Å². The van der Waals surface area contributed by atoms with Crippen LogP contribution >= 0.6 is 0 Å². The van der Waals surface area contributed by atoms with Crippen molar-refractivity contribution in [2.75, 3.05) is 67.2 Å². The fourth-order valence-corrected chi connectivity index (χ4v) is 4.49. The highest BCUT2D eigenvalue weighted by Crippen LogP contribution is 2.42. The third-order valence-corrected chi connectivity index (χ3v) is 6.19. The number of hydrogen-bond acceptors (Lipinski definition) is 6. The molecule has 1 unspecified atom stereocenters. The first kappa shape index (κ1) is 21.5. The van der Waals surface area contributed by atoms with Gasteiger partial charge in [0.15, 0.2) is 11.5 Å². The van der Waals surface area contributed by atoms with Crippen molar-refractivity contribution in [2.45, 2.75) is 12.5 Å². The van der Waals surface area contributed by atoms with E-state index in [1.807, 2.05) is 17.0 Å². The zero-order valence-electron chi connectivity index (χ0n) is 18.3. The van der Waals surface area contributed by atoms with Gasteiger partial charge >= 0.3 is 6.03 Å². The van der Waals surface area contributed by atoms with E-state index in [-0.39, 0.29) is 11.9 Å². The molecule has 3 aliphatic rings. The Labute approximate surface area is 182 Å². The van der Waals surface area contributed by atoms with E-state index in [1.165, 1.54) is 0 Å². The lowest BCUT2D eigenvalue weighted by Gasteiger charge is -2.31. The molecule has 168 valence electrons. The van der Waals surface area contributed by atoms with Crippen molar-refractivity contribution < 1.29 is 23.8 Å². The highest BCUT2D eigenvalue weighted by atomic mass is 16.5. The van der Waals surface area contributed by atoms with Crippen LogP contribution in [0.5, 0.6) is 11.5 Å². The Bertz CT molecular complexity index is 881. The van der Waals surface area contributed by atoms with E-state index in [9.17, 15) is 9.59 Å². The summed E-state index contributed by atoms with van der Waals surface area (Å²) in [6, 6.07) is 4.66. The molecule has 3 heterocycles. The van der Waals surface area contributed by atoms with Gasteiger partial charge in [-0.3, -0.25) is 14.6 Å². The van der Waals surface area contributed by atoms with Crippen LogP contribution in [-0.4, -0.2) is 93.8 Å². The lowest BCUT2D eigenvalue weighted by molar-refractivity contribution is -0.125. The summed E-state index contributed by atoms with van der Waals surface area (Å²) in [7, 11) is 4.83. The molecule has 1 saturated heterocycles. The monoisotopic (exact) mass is 430 g/mol. The third kappa shape index (κ3) is 4.07. The lowest BCUT2D eigenvalue weighted by atomic mass is 9.94. The van der Waals surface area contributed by atoms with Crippen LogP contribution in [0.1, 0.15) is 18.0 Å². The molecule has 1 aromatic carbocycles. The Hall–Kier alpha value is -2.78. The van der Waals surface area contributed by atoms with Crippen LogP contribution in [-0.2, 0) is 9.53 Å². The maximum absolute atomic E-state index is 13.4. The van der Waals surface area contributed by atoms with Crippen LogP contribution in [0.4, 0.5) is 4.79 Å².